The second-order valence-electron chi connectivity index (χ2n) is 4.56. The quantitative estimate of drug-likeness (QED) is 0.765. The molecule has 108 valence electrons. The van der Waals surface area contributed by atoms with Gasteiger partial charge in [0.15, 0.2) is 16.2 Å². The number of aromatic nitrogens is 1. The Morgan fingerprint density at radius 1 is 1.29 bits per heavy atom. The summed E-state index contributed by atoms with van der Waals surface area (Å²) in [6.07, 6.45) is 1.57. The Morgan fingerprint density at radius 3 is 2.76 bits per heavy atom. The number of furan rings is 1. The zero-order chi connectivity index (χ0) is 15.0. The van der Waals surface area contributed by atoms with Crippen LogP contribution >= 0.6 is 15.9 Å². The van der Waals surface area contributed by atoms with Crippen LogP contribution in [0.1, 0.15) is 5.56 Å². The standard InChI is InChI=1S/C15H13BrN2O3/c1-8-3-4-9(7-11(8)19-2)12-13(21-18-15(12)17)10-5-6-20-14(10)16/h3-7H,1-2H3,(H2,17,18). The lowest BCUT2D eigenvalue weighted by Crippen LogP contribution is -1.91. The van der Waals surface area contributed by atoms with E-state index in [1.165, 1.54) is 0 Å². The summed E-state index contributed by atoms with van der Waals surface area (Å²) in [4.78, 5) is 0. The molecule has 0 saturated carbocycles. The van der Waals surface area contributed by atoms with Gasteiger partial charge in [-0.15, -0.1) is 0 Å². The van der Waals surface area contributed by atoms with Gasteiger partial charge in [0.2, 0.25) is 0 Å². The van der Waals surface area contributed by atoms with Gasteiger partial charge in [-0.25, -0.2) is 0 Å². The smallest absolute Gasteiger partial charge is 0.181 e. The highest BCUT2D eigenvalue weighted by molar-refractivity contribution is 9.10. The van der Waals surface area contributed by atoms with Crippen LogP contribution in [-0.4, -0.2) is 12.3 Å². The molecule has 0 amide bonds. The predicted octanol–water partition coefficient (Wildman–Crippen LogP) is 4.26. The maximum Gasteiger partial charge on any atom is 0.181 e. The number of aryl methyl sites for hydroxylation is 1. The van der Waals surface area contributed by atoms with E-state index in [9.17, 15) is 0 Å². The largest absolute Gasteiger partial charge is 0.496 e. The molecule has 0 unspecified atom stereocenters. The third-order valence-corrected chi connectivity index (χ3v) is 3.89. The Hall–Kier alpha value is -2.21. The Balaban J connectivity index is 2.19. The molecule has 3 rings (SSSR count). The monoisotopic (exact) mass is 348 g/mol. The van der Waals surface area contributed by atoms with Crippen molar-refractivity contribution in [1.82, 2.24) is 5.16 Å². The number of nitrogen functional groups attached to an aromatic ring is 1. The Kier molecular flexibility index (Phi) is 3.47. The van der Waals surface area contributed by atoms with Crippen LogP contribution in [0, 0.1) is 6.92 Å². The molecular formula is C15H13BrN2O3. The average Bonchev–Trinajstić information content (AvgIpc) is 3.05. The van der Waals surface area contributed by atoms with Gasteiger partial charge in [0.1, 0.15) is 5.75 Å². The number of anilines is 1. The first kappa shape index (κ1) is 13.8. The zero-order valence-electron chi connectivity index (χ0n) is 11.5. The fourth-order valence-electron chi connectivity index (χ4n) is 2.20. The molecule has 0 spiro atoms. The minimum Gasteiger partial charge on any atom is -0.496 e. The molecule has 1 aromatic carbocycles. The first-order chi connectivity index (χ1) is 10.1. The summed E-state index contributed by atoms with van der Waals surface area (Å²) in [6, 6.07) is 7.63. The van der Waals surface area contributed by atoms with E-state index < -0.39 is 0 Å². The number of methoxy groups -OCH3 is 1. The van der Waals surface area contributed by atoms with Crippen molar-refractivity contribution in [3.05, 3.63) is 40.8 Å². The maximum atomic E-state index is 5.97. The number of ether oxygens (including phenoxy) is 1. The highest BCUT2D eigenvalue weighted by Gasteiger charge is 2.21. The lowest BCUT2D eigenvalue weighted by Gasteiger charge is -2.07. The molecule has 3 aromatic rings. The number of nitrogens with zero attached hydrogens (tertiary/aromatic N) is 1. The highest BCUT2D eigenvalue weighted by Crippen LogP contribution is 2.41. The molecule has 2 N–H and O–H groups in total. The third kappa shape index (κ3) is 2.31. The maximum absolute atomic E-state index is 5.97. The van der Waals surface area contributed by atoms with Gasteiger partial charge in [-0.1, -0.05) is 17.3 Å². The van der Waals surface area contributed by atoms with E-state index in [4.69, 9.17) is 19.4 Å². The van der Waals surface area contributed by atoms with Gasteiger partial charge in [0.05, 0.1) is 24.5 Å². The number of hydrogen-bond acceptors (Lipinski definition) is 5. The van der Waals surface area contributed by atoms with Gasteiger partial charge in [0, 0.05) is 0 Å². The van der Waals surface area contributed by atoms with E-state index in [1.54, 1.807) is 19.4 Å². The topological polar surface area (TPSA) is 74.4 Å². The number of nitrogens with two attached hydrogens (primary N) is 1. The molecule has 0 bridgehead atoms. The van der Waals surface area contributed by atoms with Crippen molar-refractivity contribution >= 4 is 21.7 Å². The first-order valence-electron chi connectivity index (χ1n) is 6.25. The Bertz CT molecular complexity index is 792. The molecule has 5 nitrogen and oxygen atoms in total. The van der Waals surface area contributed by atoms with E-state index in [0.717, 1.165) is 28.0 Å². The summed E-state index contributed by atoms with van der Waals surface area (Å²) in [5, 5.41) is 3.87. The van der Waals surface area contributed by atoms with Gasteiger partial charge in [0.25, 0.3) is 0 Å². The second-order valence-corrected chi connectivity index (χ2v) is 5.28. The van der Waals surface area contributed by atoms with E-state index in [1.807, 2.05) is 25.1 Å². The lowest BCUT2D eigenvalue weighted by molar-refractivity contribution is 0.412. The summed E-state index contributed by atoms with van der Waals surface area (Å²) in [6.45, 7) is 1.98. The van der Waals surface area contributed by atoms with Crippen LogP contribution in [0.4, 0.5) is 5.82 Å². The first-order valence-corrected chi connectivity index (χ1v) is 7.04. The average molecular weight is 349 g/mol. The molecule has 2 aromatic heterocycles. The summed E-state index contributed by atoms with van der Waals surface area (Å²) < 4.78 is 16.5. The SMILES string of the molecule is COc1cc(-c2c(N)noc2-c2ccoc2Br)ccc1C. The third-order valence-electron chi connectivity index (χ3n) is 3.28. The molecule has 6 heteroatoms. The van der Waals surface area contributed by atoms with Crippen molar-refractivity contribution in [3.63, 3.8) is 0 Å². The van der Waals surface area contributed by atoms with Gasteiger partial charge in [-0.3, -0.25) is 0 Å². The van der Waals surface area contributed by atoms with E-state index >= 15 is 0 Å². The predicted molar refractivity (Wildman–Crippen MR) is 83.0 cm³/mol. The van der Waals surface area contributed by atoms with Crippen LogP contribution in [-0.2, 0) is 0 Å². The minimum atomic E-state index is 0.323. The number of hydrogen-bond donors (Lipinski definition) is 1. The minimum absolute atomic E-state index is 0.323. The van der Waals surface area contributed by atoms with E-state index in [0.29, 0.717) is 16.2 Å². The molecular weight excluding hydrogens is 336 g/mol. The zero-order valence-corrected chi connectivity index (χ0v) is 13.1. The fraction of sp³-hybridized carbons (Fsp3) is 0.133. The molecule has 0 aliphatic heterocycles. The van der Waals surface area contributed by atoms with Crippen LogP contribution in [0.5, 0.6) is 5.75 Å². The second kappa shape index (κ2) is 5.29. The Morgan fingerprint density at radius 2 is 2.10 bits per heavy atom. The molecule has 0 saturated heterocycles. The summed E-state index contributed by atoms with van der Waals surface area (Å²) in [7, 11) is 1.64. The van der Waals surface area contributed by atoms with Gasteiger partial charge < -0.3 is 19.4 Å². The van der Waals surface area contributed by atoms with Crippen LogP contribution < -0.4 is 10.5 Å². The molecule has 0 atom stereocenters. The molecule has 0 aliphatic rings. The lowest BCUT2D eigenvalue weighted by atomic mass is 10.0. The molecule has 0 radical (unpaired) electrons. The summed E-state index contributed by atoms with van der Waals surface area (Å²) in [5.41, 5.74) is 9.36. The van der Waals surface area contributed by atoms with Crippen molar-refractivity contribution < 1.29 is 13.7 Å². The number of rotatable bonds is 3. The van der Waals surface area contributed by atoms with E-state index in [-0.39, 0.29) is 0 Å². The summed E-state index contributed by atoms with van der Waals surface area (Å²) >= 11 is 3.34. The number of benzene rings is 1. The van der Waals surface area contributed by atoms with Gasteiger partial charge >= 0.3 is 0 Å². The molecule has 21 heavy (non-hydrogen) atoms. The van der Waals surface area contributed by atoms with Gasteiger partial charge in [-0.05, 0) is 46.1 Å². The van der Waals surface area contributed by atoms with E-state index in [2.05, 4.69) is 21.1 Å². The van der Waals surface area contributed by atoms with Crippen LogP contribution in [0.25, 0.3) is 22.5 Å². The van der Waals surface area contributed by atoms with Crippen molar-refractivity contribution in [2.75, 3.05) is 12.8 Å². The molecule has 0 aliphatic carbocycles. The van der Waals surface area contributed by atoms with Crippen LogP contribution in [0.2, 0.25) is 0 Å². The fourth-order valence-corrected chi connectivity index (χ4v) is 2.62. The van der Waals surface area contributed by atoms with Crippen molar-refractivity contribution in [2.45, 2.75) is 6.92 Å². The van der Waals surface area contributed by atoms with Crippen molar-refractivity contribution in [2.24, 2.45) is 0 Å². The van der Waals surface area contributed by atoms with Crippen molar-refractivity contribution in [1.29, 1.82) is 0 Å². The molecule has 0 fully saturated rings. The van der Waals surface area contributed by atoms with Crippen LogP contribution in [0.15, 0.2) is 44.1 Å². The summed E-state index contributed by atoms with van der Waals surface area (Å²) in [5.74, 6) is 1.66. The van der Waals surface area contributed by atoms with Crippen LogP contribution in [0.3, 0.4) is 0 Å². The Labute approximate surface area is 129 Å². The highest BCUT2D eigenvalue weighted by atomic mass is 79.9. The van der Waals surface area contributed by atoms with Crippen molar-refractivity contribution in [3.8, 4) is 28.2 Å². The molecule has 2 heterocycles. The number of halogens is 1. The van der Waals surface area contributed by atoms with Gasteiger partial charge in [-0.2, -0.15) is 0 Å². The normalized spacial score (nSPS) is 10.8.